The predicted molar refractivity (Wildman–Crippen MR) is 122 cm³/mol. The Bertz CT molecular complexity index is 1200. The first kappa shape index (κ1) is 28.2. The van der Waals surface area contributed by atoms with E-state index in [9.17, 15) is 31.5 Å². The molecule has 0 amide bonds. The average Bonchev–Trinajstić information content (AvgIpc) is 2.75. The number of benzene rings is 1. The summed E-state index contributed by atoms with van der Waals surface area (Å²) in [6, 6.07) is 5.90. The fourth-order valence-electron chi connectivity index (χ4n) is 3.23. The smallest absolute Gasteiger partial charge is 0.478 e. The number of alkyl halides is 3. The first-order valence-electron chi connectivity index (χ1n) is 10.2. The van der Waals surface area contributed by atoms with Gasteiger partial charge in [0.1, 0.15) is 11.4 Å². The SMILES string of the molecule is Cc1c(Cl)cccc1S(=O)(=O)Nc1cnc(N2CCC(C)CC2)c(C(=O)O)c1.O=C(O)C(F)(F)F. The van der Waals surface area contributed by atoms with Crippen LogP contribution in [-0.2, 0) is 14.8 Å². The van der Waals surface area contributed by atoms with Crippen LogP contribution >= 0.6 is 11.6 Å². The molecule has 0 unspecified atom stereocenters. The molecule has 14 heteroatoms. The summed E-state index contributed by atoms with van der Waals surface area (Å²) in [5, 5.41) is 17.1. The van der Waals surface area contributed by atoms with Gasteiger partial charge >= 0.3 is 18.1 Å². The number of carboxylic acids is 2. The highest BCUT2D eigenvalue weighted by atomic mass is 35.5. The van der Waals surface area contributed by atoms with Gasteiger partial charge in [-0.15, -0.1) is 0 Å². The molecule has 9 nitrogen and oxygen atoms in total. The number of halogens is 4. The summed E-state index contributed by atoms with van der Waals surface area (Å²) in [5.74, 6) is -2.95. The molecule has 1 fully saturated rings. The number of nitrogens with zero attached hydrogens (tertiary/aromatic N) is 2. The van der Waals surface area contributed by atoms with Crippen molar-refractivity contribution in [3.63, 3.8) is 0 Å². The average molecular weight is 538 g/mol. The molecule has 3 N–H and O–H groups in total. The number of aromatic nitrogens is 1. The molecular formula is C21H23ClF3N3O6S. The fourth-order valence-corrected chi connectivity index (χ4v) is 4.77. The third-order valence-electron chi connectivity index (χ3n) is 5.18. The van der Waals surface area contributed by atoms with Crippen LogP contribution in [0.2, 0.25) is 5.02 Å². The van der Waals surface area contributed by atoms with Crippen LogP contribution in [-0.4, -0.2) is 54.8 Å². The Morgan fingerprint density at radius 3 is 2.29 bits per heavy atom. The minimum Gasteiger partial charge on any atom is -0.478 e. The number of pyridine rings is 1. The standard InChI is InChI=1S/C19H22ClN3O4S.C2HF3O2/c1-12-6-8-23(9-7-12)18-15(19(24)25)10-14(11-21-18)22-28(26,27)17-5-3-4-16(20)13(17)2;3-2(4,5)1(6)7/h3-5,10-12,22H,6-9H2,1-2H3,(H,24,25);(H,6,7). The van der Waals surface area contributed by atoms with Gasteiger partial charge in [-0.1, -0.05) is 24.6 Å². The molecule has 1 aliphatic rings. The van der Waals surface area contributed by atoms with Gasteiger partial charge in [0.25, 0.3) is 10.0 Å². The highest BCUT2D eigenvalue weighted by molar-refractivity contribution is 7.92. The van der Waals surface area contributed by atoms with E-state index >= 15 is 0 Å². The van der Waals surface area contributed by atoms with Gasteiger partial charge in [0.05, 0.1) is 16.8 Å². The van der Waals surface area contributed by atoms with E-state index in [-0.39, 0.29) is 16.1 Å². The molecule has 3 rings (SSSR count). The molecule has 1 aromatic heterocycles. The molecule has 0 aliphatic carbocycles. The van der Waals surface area contributed by atoms with Crippen LogP contribution < -0.4 is 9.62 Å². The number of piperidine rings is 1. The highest BCUT2D eigenvalue weighted by Gasteiger charge is 2.38. The molecule has 0 saturated carbocycles. The number of aromatic carboxylic acids is 1. The highest BCUT2D eigenvalue weighted by Crippen LogP contribution is 2.28. The molecule has 1 saturated heterocycles. The second-order valence-electron chi connectivity index (χ2n) is 7.84. The lowest BCUT2D eigenvalue weighted by Crippen LogP contribution is -2.34. The monoisotopic (exact) mass is 537 g/mol. The van der Waals surface area contributed by atoms with E-state index in [0.717, 1.165) is 25.9 Å². The minimum atomic E-state index is -5.08. The fraction of sp³-hybridized carbons (Fsp3) is 0.381. The normalized spacial score (nSPS) is 14.6. The molecular weight excluding hydrogens is 515 g/mol. The van der Waals surface area contributed by atoms with E-state index in [1.807, 2.05) is 4.90 Å². The summed E-state index contributed by atoms with van der Waals surface area (Å²) in [6.45, 7) is 5.22. The Morgan fingerprint density at radius 1 is 1.20 bits per heavy atom. The number of rotatable bonds is 5. The number of carbonyl (C=O) groups is 2. The Hall–Kier alpha value is -3.06. The maximum absolute atomic E-state index is 12.7. The van der Waals surface area contributed by atoms with E-state index < -0.39 is 28.1 Å². The molecule has 0 radical (unpaired) electrons. The van der Waals surface area contributed by atoms with Crippen molar-refractivity contribution in [3.05, 3.63) is 46.6 Å². The van der Waals surface area contributed by atoms with Crippen molar-refractivity contribution in [3.8, 4) is 0 Å². The second-order valence-corrected chi connectivity index (χ2v) is 9.90. The molecule has 1 aromatic carbocycles. The Kier molecular flexibility index (Phi) is 8.95. The molecule has 1 aliphatic heterocycles. The minimum absolute atomic E-state index is 0.0300. The molecule has 0 bridgehead atoms. The number of nitrogens with one attached hydrogen (secondary N) is 1. The molecule has 2 heterocycles. The number of anilines is 2. The summed E-state index contributed by atoms with van der Waals surface area (Å²) in [6.07, 6.45) is -1.82. The predicted octanol–water partition coefficient (Wildman–Crippen LogP) is 4.41. The van der Waals surface area contributed by atoms with Crippen molar-refractivity contribution in [2.24, 2.45) is 5.92 Å². The van der Waals surface area contributed by atoms with Gasteiger partial charge in [0.2, 0.25) is 0 Å². The van der Waals surface area contributed by atoms with Crippen LogP contribution in [0.1, 0.15) is 35.7 Å². The number of hydrogen-bond acceptors (Lipinski definition) is 6. The van der Waals surface area contributed by atoms with Crippen molar-refractivity contribution in [1.82, 2.24) is 4.98 Å². The van der Waals surface area contributed by atoms with E-state index in [1.54, 1.807) is 19.1 Å². The van der Waals surface area contributed by atoms with Gasteiger partial charge in [-0.2, -0.15) is 13.2 Å². The van der Waals surface area contributed by atoms with Crippen molar-refractivity contribution >= 4 is 45.1 Å². The van der Waals surface area contributed by atoms with Crippen molar-refractivity contribution < 1.29 is 41.4 Å². The Balaban J connectivity index is 0.000000540. The zero-order valence-electron chi connectivity index (χ0n) is 18.6. The zero-order chi connectivity index (χ0) is 26.6. The molecule has 0 atom stereocenters. The Labute approximate surface area is 204 Å². The summed E-state index contributed by atoms with van der Waals surface area (Å²) in [5.41, 5.74) is 0.477. The first-order chi connectivity index (χ1) is 16.1. The topological polar surface area (TPSA) is 137 Å². The van der Waals surface area contributed by atoms with Gasteiger partial charge in [-0.3, -0.25) is 4.72 Å². The second kappa shape index (κ2) is 11.1. The number of carboxylic acid groups (broad SMARTS) is 2. The first-order valence-corrected chi connectivity index (χ1v) is 12.1. The van der Waals surface area contributed by atoms with Crippen molar-refractivity contribution in [1.29, 1.82) is 0 Å². The molecule has 2 aromatic rings. The van der Waals surface area contributed by atoms with Crippen LogP contribution in [0, 0.1) is 12.8 Å². The maximum atomic E-state index is 12.7. The summed E-state index contributed by atoms with van der Waals surface area (Å²) < 4.78 is 59.6. The molecule has 35 heavy (non-hydrogen) atoms. The van der Waals surface area contributed by atoms with E-state index in [2.05, 4.69) is 16.6 Å². The van der Waals surface area contributed by atoms with Crippen LogP contribution in [0.15, 0.2) is 35.4 Å². The van der Waals surface area contributed by atoms with Crippen LogP contribution in [0.25, 0.3) is 0 Å². The largest absolute Gasteiger partial charge is 0.490 e. The van der Waals surface area contributed by atoms with Crippen molar-refractivity contribution in [2.75, 3.05) is 22.7 Å². The third-order valence-corrected chi connectivity index (χ3v) is 7.12. The van der Waals surface area contributed by atoms with Gasteiger partial charge in [0, 0.05) is 18.1 Å². The lowest BCUT2D eigenvalue weighted by atomic mass is 9.99. The molecule has 192 valence electrons. The van der Waals surface area contributed by atoms with Crippen molar-refractivity contribution in [2.45, 2.75) is 37.8 Å². The lowest BCUT2D eigenvalue weighted by molar-refractivity contribution is -0.192. The van der Waals surface area contributed by atoms with Crippen LogP contribution in [0.3, 0.4) is 0 Å². The number of hydrogen-bond donors (Lipinski definition) is 3. The van der Waals surface area contributed by atoms with Gasteiger partial charge < -0.3 is 15.1 Å². The summed E-state index contributed by atoms with van der Waals surface area (Å²) in [4.78, 5) is 26.9. The van der Waals surface area contributed by atoms with E-state index in [4.69, 9.17) is 21.5 Å². The van der Waals surface area contributed by atoms with Gasteiger partial charge in [-0.05, 0) is 49.4 Å². The lowest BCUT2D eigenvalue weighted by Gasteiger charge is -2.32. The molecule has 0 spiro atoms. The van der Waals surface area contributed by atoms with E-state index in [0.29, 0.717) is 22.3 Å². The Morgan fingerprint density at radius 2 is 1.77 bits per heavy atom. The third kappa shape index (κ3) is 7.46. The maximum Gasteiger partial charge on any atom is 0.490 e. The number of sulfonamides is 1. The summed E-state index contributed by atoms with van der Waals surface area (Å²) in [7, 11) is -3.93. The van der Waals surface area contributed by atoms with Gasteiger partial charge in [-0.25, -0.2) is 23.0 Å². The van der Waals surface area contributed by atoms with Crippen LogP contribution in [0.5, 0.6) is 0 Å². The zero-order valence-corrected chi connectivity index (χ0v) is 20.2. The quantitative estimate of drug-likeness (QED) is 0.510. The number of aliphatic carboxylic acids is 1. The van der Waals surface area contributed by atoms with E-state index in [1.165, 1.54) is 18.3 Å². The van der Waals surface area contributed by atoms with Crippen LogP contribution in [0.4, 0.5) is 24.7 Å². The van der Waals surface area contributed by atoms with Gasteiger partial charge in [0.15, 0.2) is 0 Å². The summed E-state index contributed by atoms with van der Waals surface area (Å²) >= 11 is 6.02.